The van der Waals surface area contributed by atoms with Gasteiger partial charge >= 0.3 is 0 Å². The van der Waals surface area contributed by atoms with Crippen molar-refractivity contribution in [2.75, 3.05) is 62.2 Å². The van der Waals surface area contributed by atoms with Crippen molar-refractivity contribution < 1.29 is 43.0 Å². The Morgan fingerprint density at radius 1 is 0.731 bits per heavy atom. The van der Waals surface area contributed by atoms with E-state index in [0.717, 1.165) is 0 Å². The molecule has 0 aliphatic heterocycles. The topological polar surface area (TPSA) is 120 Å². The lowest BCUT2D eigenvalue weighted by atomic mass is 9.98. The first-order valence-corrected chi connectivity index (χ1v) is 8.34. The van der Waals surface area contributed by atoms with Crippen LogP contribution in [0, 0.1) is 0 Å². The molecular formula is C16H35NO9. The van der Waals surface area contributed by atoms with E-state index in [2.05, 4.69) is 0 Å². The molecule has 158 valence electrons. The van der Waals surface area contributed by atoms with Crippen molar-refractivity contribution in [3.8, 4) is 0 Å². The van der Waals surface area contributed by atoms with Crippen LogP contribution in [0.2, 0.25) is 0 Å². The van der Waals surface area contributed by atoms with Gasteiger partial charge in [-0.3, -0.25) is 0 Å². The summed E-state index contributed by atoms with van der Waals surface area (Å²) >= 11 is 0. The Morgan fingerprint density at radius 3 is 1.69 bits per heavy atom. The summed E-state index contributed by atoms with van der Waals surface area (Å²) in [5, 5.41) is 9.40. The third-order valence-corrected chi connectivity index (χ3v) is 3.61. The van der Waals surface area contributed by atoms with Crippen molar-refractivity contribution in [2.24, 2.45) is 5.73 Å². The van der Waals surface area contributed by atoms with Crippen LogP contribution in [0.1, 0.15) is 13.3 Å². The maximum atomic E-state index is 9.40. The number of nitrogens with two attached hydrogens (primary N) is 1. The Labute approximate surface area is 155 Å². The van der Waals surface area contributed by atoms with E-state index in [-0.39, 0.29) is 39.9 Å². The second kappa shape index (κ2) is 16.8. The van der Waals surface area contributed by atoms with Gasteiger partial charge in [0.1, 0.15) is 33.3 Å². The number of ether oxygens (including phenoxy) is 8. The molecule has 0 aromatic carbocycles. The molecule has 0 fully saturated rings. The molecule has 0 aromatic heterocycles. The molecule has 0 unspecified atom stereocenters. The van der Waals surface area contributed by atoms with Crippen LogP contribution < -0.4 is 5.73 Å². The average molecular weight is 385 g/mol. The van der Waals surface area contributed by atoms with E-state index in [4.69, 9.17) is 43.6 Å². The minimum absolute atomic E-state index is 0.0364. The first-order valence-electron chi connectivity index (χ1n) is 8.34. The van der Waals surface area contributed by atoms with E-state index in [9.17, 15) is 5.11 Å². The number of aliphatic hydroxyl groups is 1. The molecule has 3 N–H and O–H groups in total. The highest BCUT2D eigenvalue weighted by Gasteiger charge is 2.34. The lowest BCUT2D eigenvalue weighted by molar-refractivity contribution is -0.212. The maximum Gasteiger partial charge on any atom is 0.146 e. The summed E-state index contributed by atoms with van der Waals surface area (Å²) in [6.07, 6.45) is -1.59. The second-order valence-corrected chi connectivity index (χ2v) is 5.62. The Balaban J connectivity index is 5.22. The third kappa shape index (κ3) is 10.7. The van der Waals surface area contributed by atoms with E-state index >= 15 is 0 Å². The fraction of sp³-hybridized carbons (Fsp3) is 1.00. The molecule has 0 rings (SSSR count). The summed E-state index contributed by atoms with van der Waals surface area (Å²) in [6.45, 7) is 1.82. The molecule has 0 aromatic rings. The summed E-state index contributed by atoms with van der Waals surface area (Å²) in [6, 6.07) is -0.614. The Morgan fingerprint density at radius 2 is 1.19 bits per heavy atom. The normalized spacial score (nSPS) is 17.7. The number of methoxy groups -OCH3 is 4. The summed E-state index contributed by atoms with van der Waals surface area (Å²) in [7, 11) is 6.08. The van der Waals surface area contributed by atoms with Gasteiger partial charge in [0.2, 0.25) is 0 Å². The molecule has 10 heteroatoms. The molecule has 0 aliphatic rings. The Hall–Kier alpha value is -0.400. The maximum absolute atomic E-state index is 9.40. The van der Waals surface area contributed by atoms with Gasteiger partial charge in [0.05, 0.1) is 31.0 Å². The van der Waals surface area contributed by atoms with E-state index in [1.807, 2.05) is 6.92 Å². The molecule has 0 radical (unpaired) electrons. The van der Waals surface area contributed by atoms with E-state index in [1.165, 1.54) is 28.4 Å². The van der Waals surface area contributed by atoms with Crippen molar-refractivity contribution in [1.29, 1.82) is 0 Å². The first-order chi connectivity index (χ1) is 12.5. The molecule has 0 amide bonds. The van der Waals surface area contributed by atoms with Crippen LogP contribution in [0.25, 0.3) is 0 Å². The fourth-order valence-corrected chi connectivity index (χ4v) is 2.28. The van der Waals surface area contributed by atoms with Gasteiger partial charge in [-0.1, -0.05) is 0 Å². The lowest BCUT2D eigenvalue weighted by Gasteiger charge is -2.34. The summed E-state index contributed by atoms with van der Waals surface area (Å²) in [5.41, 5.74) is 5.96. The predicted molar refractivity (Wildman–Crippen MR) is 92.3 cm³/mol. The van der Waals surface area contributed by atoms with Gasteiger partial charge in [0.15, 0.2) is 0 Å². The molecule has 0 aliphatic carbocycles. The molecule has 0 saturated carbocycles. The van der Waals surface area contributed by atoms with Gasteiger partial charge in [-0.15, -0.1) is 0 Å². The van der Waals surface area contributed by atoms with Crippen LogP contribution in [-0.2, 0) is 37.9 Å². The predicted octanol–water partition coefficient (Wildman–Crippen LogP) is -0.328. The van der Waals surface area contributed by atoms with Crippen LogP contribution in [0.15, 0.2) is 0 Å². The van der Waals surface area contributed by atoms with Crippen LogP contribution >= 0.6 is 0 Å². The minimum Gasteiger partial charge on any atom is -0.395 e. The molecule has 5 atom stereocenters. The number of hydrogen-bond donors (Lipinski definition) is 2. The number of hydrogen-bond acceptors (Lipinski definition) is 10. The smallest absolute Gasteiger partial charge is 0.146 e. The summed E-state index contributed by atoms with van der Waals surface area (Å²) < 4.78 is 42.6. The molecule has 0 bridgehead atoms. The first kappa shape index (κ1) is 25.6. The van der Waals surface area contributed by atoms with Gasteiger partial charge in [-0.05, 0) is 6.92 Å². The molecule has 0 spiro atoms. The van der Waals surface area contributed by atoms with Gasteiger partial charge in [0, 0.05) is 34.9 Å². The third-order valence-electron chi connectivity index (χ3n) is 3.61. The van der Waals surface area contributed by atoms with Crippen LogP contribution in [-0.4, -0.2) is 97.8 Å². The zero-order chi connectivity index (χ0) is 19.8. The largest absolute Gasteiger partial charge is 0.395 e. The number of aliphatic hydroxyl groups excluding tert-OH is 1. The monoisotopic (exact) mass is 385 g/mol. The van der Waals surface area contributed by atoms with E-state index < -0.39 is 24.4 Å². The van der Waals surface area contributed by atoms with Crippen molar-refractivity contribution in [3.05, 3.63) is 0 Å². The second-order valence-electron chi connectivity index (χ2n) is 5.62. The minimum atomic E-state index is -0.614. The average Bonchev–Trinajstić information content (AvgIpc) is 2.66. The van der Waals surface area contributed by atoms with Gasteiger partial charge < -0.3 is 48.7 Å². The standard InChI is InChI=1S/C16H35NO9/c1-12(23-8-19-2)16(26-11-22-5)15(25-10-21-4)6-14(13(17)7-18)24-9-20-3/h12-16,18H,6-11,17H2,1-5H3/t12-,13-,14+,15-,16+/m1/s1. The molecule has 0 saturated heterocycles. The Kier molecular flexibility index (Phi) is 16.5. The zero-order valence-electron chi connectivity index (χ0n) is 16.4. The van der Waals surface area contributed by atoms with E-state index in [1.54, 1.807) is 0 Å². The summed E-state index contributed by atoms with van der Waals surface area (Å²) in [4.78, 5) is 0. The highest BCUT2D eigenvalue weighted by atomic mass is 16.7. The van der Waals surface area contributed by atoms with Crippen LogP contribution in [0.4, 0.5) is 0 Å². The van der Waals surface area contributed by atoms with Crippen LogP contribution in [0.3, 0.4) is 0 Å². The Bertz CT molecular complexity index is 311. The van der Waals surface area contributed by atoms with Crippen LogP contribution in [0.5, 0.6) is 0 Å². The molecule has 0 heterocycles. The van der Waals surface area contributed by atoms with Crippen molar-refractivity contribution in [2.45, 2.75) is 43.8 Å². The van der Waals surface area contributed by atoms with Gasteiger partial charge in [-0.25, -0.2) is 0 Å². The summed E-state index contributed by atoms with van der Waals surface area (Å²) in [5.74, 6) is 0. The van der Waals surface area contributed by atoms with Crippen molar-refractivity contribution in [1.82, 2.24) is 0 Å². The van der Waals surface area contributed by atoms with Gasteiger partial charge in [-0.2, -0.15) is 0 Å². The lowest BCUT2D eigenvalue weighted by Crippen LogP contribution is -2.48. The SMILES string of the molecule is COCO[C@@H]([C@@H](C)OCOC)[C@@H](C[C@H](OCOC)[C@H](N)CO)OCOC. The number of rotatable bonds is 18. The molecular weight excluding hydrogens is 350 g/mol. The quantitative estimate of drug-likeness (QED) is 0.304. The van der Waals surface area contributed by atoms with E-state index in [0.29, 0.717) is 6.42 Å². The van der Waals surface area contributed by atoms with Crippen molar-refractivity contribution >= 4 is 0 Å². The fourth-order valence-electron chi connectivity index (χ4n) is 2.28. The highest BCUT2D eigenvalue weighted by molar-refractivity contribution is 4.84. The zero-order valence-corrected chi connectivity index (χ0v) is 16.4. The molecule has 10 nitrogen and oxygen atoms in total. The van der Waals surface area contributed by atoms with Gasteiger partial charge in [0.25, 0.3) is 0 Å². The highest BCUT2D eigenvalue weighted by Crippen LogP contribution is 2.20. The molecule has 26 heavy (non-hydrogen) atoms. The van der Waals surface area contributed by atoms with Crippen molar-refractivity contribution in [3.63, 3.8) is 0 Å².